The van der Waals surface area contributed by atoms with Crippen LogP contribution in [0.5, 0.6) is 0 Å². The molecular weight excluding hydrogens is 356 g/mol. The molecule has 2 aliphatic rings. The summed E-state index contributed by atoms with van der Waals surface area (Å²) in [5.41, 5.74) is -1.46. The Morgan fingerprint density at radius 1 is 1.27 bits per heavy atom. The van der Waals surface area contributed by atoms with Gasteiger partial charge in [-0.15, -0.1) is 0 Å². The number of nitrogens with zero attached hydrogens (tertiary/aromatic N) is 1. The fourth-order valence-corrected chi connectivity index (χ4v) is 5.69. The largest absolute Gasteiger partial charge is 0.388 e. The summed E-state index contributed by atoms with van der Waals surface area (Å²) in [7, 11) is -3.76. The number of benzene rings is 1. The number of anilines is 1. The lowest BCUT2D eigenvalue weighted by atomic mass is 9.95. The van der Waals surface area contributed by atoms with E-state index in [1.807, 2.05) is 0 Å². The van der Waals surface area contributed by atoms with Gasteiger partial charge in [0.15, 0.2) is 0 Å². The summed E-state index contributed by atoms with van der Waals surface area (Å²) >= 11 is 0. The first-order chi connectivity index (χ1) is 12.0. The van der Waals surface area contributed by atoms with E-state index in [1.165, 1.54) is 12.1 Å². The summed E-state index contributed by atoms with van der Waals surface area (Å²) in [5.74, 6) is -1.17. The number of amides is 2. The van der Waals surface area contributed by atoms with Gasteiger partial charge in [0.1, 0.15) is 0 Å². The van der Waals surface area contributed by atoms with Crippen molar-refractivity contribution in [3.63, 3.8) is 0 Å². The minimum atomic E-state index is -3.76. The summed E-state index contributed by atoms with van der Waals surface area (Å²) in [6, 6.07) is 5.99. The molecular formula is C18H24N2O5S. The Labute approximate surface area is 153 Å². The molecule has 0 bridgehead atoms. The molecule has 142 valence electrons. The van der Waals surface area contributed by atoms with Gasteiger partial charge in [0, 0.05) is 12.1 Å². The van der Waals surface area contributed by atoms with E-state index in [1.54, 1.807) is 26.0 Å². The number of carbonyl (C=O) groups excluding carboxylic acids is 2. The van der Waals surface area contributed by atoms with Crippen LogP contribution in [0.15, 0.2) is 24.3 Å². The molecule has 1 aromatic carbocycles. The average molecular weight is 380 g/mol. The van der Waals surface area contributed by atoms with E-state index < -0.39 is 32.9 Å². The van der Waals surface area contributed by atoms with Gasteiger partial charge in [-0.2, -0.15) is 0 Å². The predicted octanol–water partition coefficient (Wildman–Crippen LogP) is 1.42. The molecule has 2 fully saturated rings. The summed E-state index contributed by atoms with van der Waals surface area (Å²) in [4.78, 5) is 24.9. The second-order valence-corrected chi connectivity index (χ2v) is 9.69. The third kappa shape index (κ3) is 3.48. The third-order valence-corrected chi connectivity index (χ3v) is 7.06. The molecule has 1 aliphatic heterocycles. The van der Waals surface area contributed by atoms with Gasteiger partial charge < -0.3 is 10.4 Å². The van der Waals surface area contributed by atoms with E-state index in [0.717, 1.165) is 17.1 Å². The highest BCUT2D eigenvalue weighted by molar-refractivity contribution is 7.94. The molecule has 1 aromatic rings. The van der Waals surface area contributed by atoms with E-state index in [4.69, 9.17) is 0 Å². The summed E-state index contributed by atoms with van der Waals surface area (Å²) in [6.45, 7) is 3.33. The van der Waals surface area contributed by atoms with Gasteiger partial charge in [-0.3, -0.25) is 9.59 Å². The Morgan fingerprint density at radius 2 is 1.92 bits per heavy atom. The van der Waals surface area contributed by atoms with Gasteiger partial charge in [0.25, 0.3) is 5.91 Å². The van der Waals surface area contributed by atoms with Crippen LogP contribution in [0.3, 0.4) is 0 Å². The molecule has 2 amide bonds. The topological polar surface area (TPSA) is 104 Å². The van der Waals surface area contributed by atoms with Crippen molar-refractivity contribution in [1.29, 1.82) is 0 Å². The monoisotopic (exact) mass is 380 g/mol. The maximum Gasteiger partial charge on any atom is 0.251 e. The molecule has 0 aromatic heterocycles. The zero-order chi connectivity index (χ0) is 19.2. The summed E-state index contributed by atoms with van der Waals surface area (Å²) in [6.07, 6.45) is 3.19. The lowest BCUT2D eigenvalue weighted by molar-refractivity contribution is -0.123. The van der Waals surface area contributed by atoms with Crippen molar-refractivity contribution < 1.29 is 23.1 Å². The molecule has 8 heteroatoms. The molecule has 0 radical (unpaired) electrons. The first kappa shape index (κ1) is 18.8. The molecule has 0 unspecified atom stereocenters. The van der Waals surface area contributed by atoms with E-state index in [-0.39, 0.29) is 23.5 Å². The highest BCUT2D eigenvalue weighted by Gasteiger charge is 2.50. The van der Waals surface area contributed by atoms with Crippen molar-refractivity contribution in [3.05, 3.63) is 29.8 Å². The minimum absolute atomic E-state index is 0.157. The van der Waals surface area contributed by atoms with Crippen molar-refractivity contribution in [2.75, 3.05) is 16.6 Å². The number of rotatable bonds is 4. The van der Waals surface area contributed by atoms with Crippen LogP contribution < -0.4 is 9.62 Å². The Kier molecular flexibility index (Phi) is 4.60. The lowest BCUT2D eigenvalue weighted by Crippen LogP contribution is -2.40. The molecule has 0 atom stereocenters. The highest BCUT2D eigenvalue weighted by Crippen LogP contribution is 2.36. The van der Waals surface area contributed by atoms with Crippen LogP contribution in [0.4, 0.5) is 5.69 Å². The van der Waals surface area contributed by atoms with Gasteiger partial charge in [0.05, 0.1) is 22.5 Å². The van der Waals surface area contributed by atoms with Gasteiger partial charge in [-0.05, 0) is 44.9 Å². The Balaban J connectivity index is 1.80. The zero-order valence-electron chi connectivity index (χ0n) is 15.0. The van der Waals surface area contributed by atoms with Crippen molar-refractivity contribution in [2.24, 2.45) is 5.41 Å². The van der Waals surface area contributed by atoms with Gasteiger partial charge in [-0.1, -0.05) is 18.9 Å². The number of nitrogens with one attached hydrogen (secondary N) is 1. The number of carbonyl (C=O) groups is 2. The van der Waals surface area contributed by atoms with Crippen LogP contribution in [-0.2, 0) is 14.8 Å². The molecule has 1 aliphatic carbocycles. The fraction of sp³-hybridized carbons (Fsp3) is 0.556. The average Bonchev–Trinajstić information content (AvgIpc) is 3.05. The molecule has 0 spiro atoms. The van der Waals surface area contributed by atoms with Crippen molar-refractivity contribution >= 4 is 27.5 Å². The second-order valence-electron chi connectivity index (χ2n) is 7.87. The van der Waals surface area contributed by atoms with Crippen LogP contribution in [0.1, 0.15) is 49.9 Å². The van der Waals surface area contributed by atoms with E-state index in [9.17, 15) is 23.1 Å². The number of sulfonamides is 1. The number of hydrogen-bond acceptors (Lipinski definition) is 5. The minimum Gasteiger partial charge on any atom is -0.388 e. The first-order valence-corrected chi connectivity index (χ1v) is 10.3. The highest BCUT2D eigenvalue weighted by atomic mass is 32.2. The lowest BCUT2D eigenvalue weighted by Gasteiger charge is -2.22. The van der Waals surface area contributed by atoms with Crippen molar-refractivity contribution in [3.8, 4) is 0 Å². The standard InChI is InChI=1S/C18H24N2O5S/c1-17(2)12-26(24,25)20(16(17)22)14-7-5-6-13(10-14)15(21)19-11-18(23)8-3-4-9-18/h5-7,10,23H,3-4,8-9,11-12H2,1-2H3,(H,19,21). The maximum atomic E-state index is 12.5. The Morgan fingerprint density at radius 3 is 2.50 bits per heavy atom. The molecule has 26 heavy (non-hydrogen) atoms. The second kappa shape index (κ2) is 6.35. The first-order valence-electron chi connectivity index (χ1n) is 8.72. The van der Waals surface area contributed by atoms with Crippen LogP contribution in [0.25, 0.3) is 0 Å². The Bertz CT molecular complexity index is 841. The SMILES string of the molecule is CC1(C)CS(=O)(=O)N(c2cccc(C(=O)NCC3(O)CCCC3)c2)C1=O. The maximum absolute atomic E-state index is 12.5. The smallest absolute Gasteiger partial charge is 0.251 e. The number of hydrogen-bond donors (Lipinski definition) is 2. The van der Waals surface area contributed by atoms with Crippen LogP contribution in [-0.4, -0.2) is 43.2 Å². The fourth-order valence-electron chi connectivity index (χ4n) is 3.59. The summed E-state index contributed by atoms with van der Waals surface area (Å²) in [5, 5.41) is 13.0. The van der Waals surface area contributed by atoms with Gasteiger partial charge in [0.2, 0.25) is 15.9 Å². The van der Waals surface area contributed by atoms with Gasteiger partial charge in [-0.25, -0.2) is 12.7 Å². The quantitative estimate of drug-likeness (QED) is 0.822. The van der Waals surface area contributed by atoms with Crippen LogP contribution in [0.2, 0.25) is 0 Å². The normalized spacial score (nSPS) is 23.2. The Hall–Kier alpha value is -1.93. The van der Waals surface area contributed by atoms with Crippen molar-refractivity contribution in [1.82, 2.24) is 5.32 Å². The molecule has 1 saturated carbocycles. The zero-order valence-corrected chi connectivity index (χ0v) is 15.8. The van der Waals surface area contributed by atoms with Crippen molar-refractivity contribution in [2.45, 2.75) is 45.1 Å². The van der Waals surface area contributed by atoms with Crippen LogP contribution in [0, 0.1) is 5.41 Å². The third-order valence-electron chi connectivity index (χ3n) is 5.04. The molecule has 1 saturated heterocycles. The van der Waals surface area contributed by atoms with E-state index in [2.05, 4.69) is 5.32 Å². The predicted molar refractivity (Wildman–Crippen MR) is 97.2 cm³/mol. The molecule has 2 N–H and O–H groups in total. The van der Waals surface area contributed by atoms with E-state index in [0.29, 0.717) is 12.8 Å². The van der Waals surface area contributed by atoms with Gasteiger partial charge >= 0.3 is 0 Å². The molecule has 1 heterocycles. The van der Waals surface area contributed by atoms with E-state index >= 15 is 0 Å². The number of aliphatic hydroxyl groups is 1. The van der Waals surface area contributed by atoms with Crippen LogP contribution >= 0.6 is 0 Å². The summed E-state index contributed by atoms with van der Waals surface area (Å²) < 4.78 is 25.6. The molecule has 3 rings (SSSR count). The molecule has 7 nitrogen and oxygen atoms in total.